The number of carbonyl (C=O) groups excluding carboxylic acids is 1. The number of carbonyl (C=O) groups is 1. The number of benzene rings is 2. The highest BCUT2D eigenvalue weighted by molar-refractivity contribution is 5.89. The molecule has 0 aliphatic rings. The number of aryl methyl sites for hydroxylation is 1. The van der Waals surface area contributed by atoms with Gasteiger partial charge in [-0.2, -0.15) is 4.98 Å². The van der Waals surface area contributed by atoms with Crippen LogP contribution in [0, 0.1) is 6.92 Å². The zero-order chi connectivity index (χ0) is 20.4. The molecule has 1 amide bonds. The van der Waals surface area contributed by atoms with Crippen molar-refractivity contribution in [1.29, 1.82) is 0 Å². The first-order chi connectivity index (χ1) is 14.0. The molecule has 1 N–H and O–H groups in total. The molecule has 2 aromatic heterocycles. The lowest BCUT2D eigenvalue weighted by Crippen LogP contribution is -2.27. The Balaban J connectivity index is 1.45. The summed E-state index contributed by atoms with van der Waals surface area (Å²) in [5, 5.41) is 6.62. The molecule has 8 nitrogen and oxygen atoms in total. The number of nitrogens with zero attached hydrogens (tertiary/aromatic N) is 3. The molecular formula is C21H20N4O4. The van der Waals surface area contributed by atoms with Gasteiger partial charge in [0.05, 0.1) is 12.1 Å². The van der Waals surface area contributed by atoms with E-state index in [0.717, 1.165) is 11.1 Å². The van der Waals surface area contributed by atoms with Crippen molar-refractivity contribution in [2.75, 3.05) is 6.54 Å². The van der Waals surface area contributed by atoms with Crippen molar-refractivity contribution in [1.82, 2.24) is 20.0 Å². The highest BCUT2D eigenvalue weighted by Gasteiger charge is 2.18. The maximum Gasteiger partial charge on any atom is 0.420 e. The summed E-state index contributed by atoms with van der Waals surface area (Å²) < 4.78 is 11.7. The van der Waals surface area contributed by atoms with Crippen molar-refractivity contribution in [2.45, 2.75) is 26.3 Å². The van der Waals surface area contributed by atoms with Gasteiger partial charge in [-0.1, -0.05) is 48.5 Å². The van der Waals surface area contributed by atoms with Crippen LogP contribution in [0.25, 0.3) is 11.1 Å². The van der Waals surface area contributed by atoms with Gasteiger partial charge < -0.3 is 14.3 Å². The minimum Gasteiger partial charge on any atom is -0.408 e. The maximum atomic E-state index is 12.3. The van der Waals surface area contributed by atoms with Crippen LogP contribution in [0.5, 0.6) is 0 Å². The fourth-order valence-corrected chi connectivity index (χ4v) is 3.09. The first kappa shape index (κ1) is 18.7. The fraction of sp³-hybridized carbons (Fsp3) is 0.238. The summed E-state index contributed by atoms with van der Waals surface area (Å²) >= 11 is 0. The molecule has 0 spiro atoms. The van der Waals surface area contributed by atoms with Crippen molar-refractivity contribution < 1.29 is 13.7 Å². The predicted molar refractivity (Wildman–Crippen MR) is 106 cm³/mol. The molecule has 0 saturated heterocycles. The van der Waals surface area contributed by atoms with Gasteiger partial charge in [0.2, 0.25) is 0 Å². The summed E-state index contributed by atoms with van der Waals surface area (Å²) in [5.41, 5.74) is 3.24. The van der Waals surface area contributed by atoms with E-state index in [1.807, 2.05) is 56.3 Å². The van der Waals surface area contributed by atoms with Gasteiger partial charge in [0.15, 0.2) is 11.4 Å². The minimum atomic E-state index is -0.516. The highest BCUT2D eigenvalue weighted by Crippen LogP contribution is 2.16. The lowest BCUT2D eigenvalue weighted by Gasteiger charge is -2.11. The monoisotopic (exact) mass is 392 g/mol. The van der Waals surface area contributed by atoms with E-state index in [9.17, 15) is 9.59 Å². The van der Waals surface area contributed by atoms with Gasteiger partial charge in [-0.15, -0.1) is 0 Å². The van der Waals surface area contributed by atoms with E-state index < -0.39 is 11.7 Å². The van der Waals surface area contributed by atoms with Crippen molar-refractivity contribution in [3.8, 4) is 0 Å². The first-order valence-corrected chi connectivity index (χ1v) is 9.27. The summed E-state index contributed by atoms with van der Waals surface area (Å²) in [6.07, 6.45) is 0. The lowest BCUT2D eigenvalue weighted by atomic mass is 10.0. The molecule has 148 valence electrons. The van der Waals surface area contributed by atoms with Gasteiger partial charge in [-0.05, 0) is 36.1 Å². The molecular weight excluding hydrogens is 372 g/mol. The predicted octanol–water partition coefficient (Wildman–Crippen LogP) is 2.87. The Kier molecular flexibility index (Phi) is 4.99. The second-order valence-electron chi connectivity index (χ2n) is 6.96. The van der Waals surface area contributed by atoms with Crippen LogP contribution < -0.4 is 11.1 Å². The molecule has 0 radical (unpaired) electrons. The average molecular weight is 392 g/mol. The molecule has 2 aromatic carbocycles. The van der Waals surface area contributed by atoms with Crippen molar-refractivity contribution in [3.05, 3.63) is 81.9 Å². The normalized spacial score (nSPS) is 12.2. The first-order valence-electron chi connectivity index (χ1n) is 9.27. The number of rotatable bonds is 6. The Bertz CT molecular complexity index is 1210. The fourth-order valence-electron chi connectivity index (χ4n) is 3.09. The summed E-state index contributed by atoms with van der Waals surface area (Å²) in [7, 11) is 0. The van der Waals surface area contributed by atoms with E-state index >= 15 is 0 Å². The summed E-state index contributed by atoms with van der Waals surface area (Å²) in [6, 6.07) is 15.3. The summed E-state index contributed by atoms with van der Waals surface area (Å²) in [6.45, 7) is 4.43. The molecule has 0 saturated carbocycles. The topological polar surface area (TPSA) is 103 Å². The Morgan fingerprint density at radius 2 is 2.00 bits per heavy atom. The van der Waals surface area contributed by atoms with E-state index in [-0.39, 0.29) is 24.2 Å². The zero-order valence-electron chi connectivity index (χ0n) is 16.1. The molecule has 4 aromatic rings. The SMILES string of the molecule is Cc1ccc2oc(=O)n(Cc3noc(C(=O)NC[C@H](C)c4ccccc4)n3)c2c1. The van der Waals surface area contributed by atoms with E-state index in [0.29, 0.717) is 17.6 Å². The zero-order valence-corrected chi connectivity index (χ0v) is 16.1. The molecule has 1 atom stereocenters. The van der Waals surface area contributed by atoms with E-state index in [2.05, 4.69) is 15.5 Å². The van der Waals surface area contributed by atoms with E-state index in [1.165, 1.54) is 4.57 Å². The number of hydrogen-bond acceptors (Lipinski definition) is 6. The largest absolute Gasteiger partial charge is 0.420 e. The number of oxazole rings is 1. The van der Waals surface area contributed by atoms with Crippen LogP contribution in [0.3, 0.4) is 0 Å². The van der Waals surface area contributed by atoms with Gasteiger partial charge in [0.1, 0.15) is 0 Å². The van der Waals surface area contributed by atoms with Crippen molar-refractivity contribution in [3.63, 3.8) is 0 Å². The average Bonchev–Trinajstić information content (AvgIpc) is 3.32. The summed E-state index contributed by atoms with van der Waals surface area (Å²) in [5.74, 6) is -0.749. The molecule has 4 rings (SSSR count). The van der Waals surface area contributed by atoms with E-state index in [4.69, 9.17) is 8.94 Å². The Morgan fingerprint density at radius 1 is 1.21 bits per heavy atom. The van der Waals surface area contributed by atoms with Gasteiger partial charge in [0, 0.05) is 6.54 Å². The van der Waals surface area contributed by atoms with Crippen molar-refractivity contribution >= 4 is 17.0 Å². The van der Waals surface area contributed by atoms with Crippen LogP contribution in [-0.4, -0.2) is 27.2 Å². The summed E-state index contributed by atoms with van der Waals surface area (Å²) in [4.78, 5) is 28.6. The standard InChI is InChI=1S/C21H20N4O4/c1-13-8-9-17-16(10-13)25(21(27)28-17)12-18-23-20(29-24-18)19(26)22-11-14(2)15-6-4-3-5-7-15/h3-10,14H,11-12H2,1-2H3,(H,22,26)/t14-/m0/s1. The third-order valence-electron chi connectivity index (χ3n) is 4.72. The lowest BCUT2D eigenvalue weighted by molar-refractivity contribution is 0.0907. The third-order valence-corrected chi connectivity index (χ3v) is 4.72. The number of nitrogens with one attached hydrogen (secondary N) is 1. The van der Waals surface area contributed by atoms with Gasteiger partial charge in [0.25, 0.3) is 0 Å². The molecule has 2 heterocycles. The van der Waals surface area contributed by atoms with E-state index in [1.54, 1.807) is 6.07 Å². The molecule has 0 unspecified atom stereocenters. The smallest absolute Gasteiger partial charge is 0.408 e. The molecule has 0 fully saturated rings. The molecule has 0 aliphatic heterocycles. The molecule has 0 bridgehead atoms. The van der Waals surface area contributed by atoms with Crippen LogP contribution in [0.15, 0.2) is 62.3 Å². The minimum absolute atomic E-state index is 0.0481. The quantitative estimate of drug-likeness (QED) is 0.541. The maximum absolute atomic E-state index is 12.3. The van der Waals surface area contributed by atoms with Crippen molar-refractivity contribution in [2.24, 2.45) is 0 Å². The van der Waals surface area contributed by atoms with Crippen LogP contribution >= 0.6 is 0 Å². The molecule has 0 aliphatic carbocycles. The Morgan fingerprint density at radius 3 is 2.79 bits per heavy atom. The van der Waals surface area contributed by atoms with Gasteiger partial charge >= 0.3 is 17.6 Å². The second kappa shape index (κ2) is 7.75. The van der Waals surface area contributed by atoms with Crippen LogP contribution in [0.2, 0.25) is 0 Å². The van der Waals surface area contributed by atoms with Crippen LogP contribution in [0.4, 0.5) is 0 Å². The third kappa shape index (κ3) is 3.96. The second-order valence-corrected chi connectivity index (χ2v) is 6.96. The van der Waals surface area contributed by atoms with Crippen LogP contribution in [0.1, 0.15) is 40.5 Å². The molecule has 8 heteroatoms. The Labute approximate surface area is 166 Å². The van der Waals surface area contributed by atoms with Gasteiger partial charge in [-0.3, -0.25) is 9.36 Å². The number of amides is 1. The van der Waals surface area contributed by atoms with Gasteiger partial charge in [-0.25, -0.2) is 4.79 Å². The molecule has 29 heavy (non-hydrogen) atoms. The highest BCUT2D eigenvalue weighted by atomic mass is 16.5. The number of fused-ring (bicyclic) bond motifs is 1. The van der Waals surface area contributed by atoms with Crippen LogP contribution in [-0.2, 0) is 6.54 Å². The number of aromatic nitrogens is 3. The Hall–Kier alpha value is -3.68. The number of hydrogen-bond donors (Lipinski definition) is 1.